The molecule has 0 amide bonds. The number of halogens is 3. The Morgan fingerprint density at radius 3 is 1.94 bits per heavy atom. The average molecular weight is 281 g/mol. The summed E-state index contributed by atoms with van der Waals surface area (Å²) in [4.78, 5) is 7.35. The molecule has 0 aliphatic rings. The van der Waals surface area contributed by atoms with Gasteiger partial charge < -0.3 is 0 Å². The van der Waals surface area contributed by atoms with Crippen molar-refractivity contribution in [2.24, 2.45) is 0 Å². The van der Waals surface area contributed by atoms with Gasteiger partial charge in [-0.2, -0.15) is 13.2 Å². The molecule has 0 saturated heterocycles. The summed E-state index contributed by atoms with van der Waals surface area (Å²) in [5.41, 5.74) is -0.998. The van der Waals surface area contributed by atoms with Crippen molar-refractivity contribution in [3.05, 3.63) is 36.7 Å². The van der Waals surface area contributed by atoms with Crippen LogP contribution in [0.2, 0.25) is 0 Å². The SMILES string of the molecule is FC(F)(F)c1c[nH]nn1.[Cu].c1cncnc1. The van der Waals surface area contributed by atoms with Crippen molar-refractivity contribution >= 4 is 0 Å². The number of alkyl halides is 3. The molecule has 0 bridgehead atoms. The molecular weight excluding hydrogens is 275 g/mol. The van der Waals surface area contributed by atoms with Crippen LogP contribution >= 0.6 is 0 Å². The third-order valence-corrected chi connectivity index (χ3v) is 1.18. The molecule has 1 radical (unpaired) electrons. The molecule has 0 spiro atoms. The van der Waals surface area contributed by atoms with Crippen LogP contribution in [0.5, 0.6) is 0 Å². The van der Waals surface area contributed by atoms with Gasteiger partial charge in [-0.05, 0) is 6.07 Å². The fourth-order valence-electron chi connectivity index (χ4n) is 0.593. The maximum atomic E-state index is 11.5. The Hall–Kier alpha value is -1.47. The van der Waals surface area contributed by atoms with Gasteiger partial charge in [-0.3, -0.25) is 5.10 Å². The molecule has 0 atom stereocenters. The molecule has 2 rings (SSSR count). The van der Waals surface area contributed by atoms with Gasteiger partial charge in [0, 0.05) is 29.5 Å². The molecule has 0 unspecified atom stereocenters. The van der Waals surface area contributed by atoms with E-state index in [1.165, 1.54) is 6.33 Å². The Morgan fingerprint density at radius 1 is 1.12 bits per heavy atom. The third-order valence-electron chi connectivity index (χ3n) is 1.18. The molecule has 1 N–H and O–H groups in total. The average Bonchev–Trinajstić information content (AvgIpc) is 2.73. The van der Waals surface area contributed by atoms with E-state index in [4.69, 9.17) is 0 Å². The number of aromatic amines is 1. The molecular formula is C7H6CuF3N5. The van der Waals surface area contributed by atoms with Crippen LogP contribution in [0, 0.1) is 0 Å². The van der Waals surface area contributed by atoms with Crippen molar-refractivity contribution in [1.82, 2.24) is 25.4 Å². The fourth-order valence-corrected chi connectivity index (χ4v) is 0.593. The number of rotatable bonds is 0. The van der Waals surface area contributed by atoms with Crippen LogP contribution in [0.25, 0.3) is 0 Å². The van der Waals surface area contributed by atoms with Gasteiger partial charge >= 0.3 is 6.18 Å². The van der Waals surface area contributed by atoms with E-state index in [1.54, 1.807) is 18.5 Å². The Kier molecular flexibility index (Phi) is 6.28. The van der Waals surface area contributed by atoms with Crippen LogP contribution in [0.3, 0.4) is 0 Å². The van der Waals surface area contributed by atoms with Gasteiger partial charge in [0.2, 0.25) is 0 Å². The smallest absolute Gasteiger partial charge is 0.265 e. The predicted molar refractivity (Wildman–Crippen MR) is 43.4 cm³/mol. The van der Waals surface area contributed by atoms with Gasteiger partial charge in [0.15, 0.2) is 5.69 Å². The molecule has 0 fully saturated rings. The zero-order valence-electron chi connectivity index (χ0n) is 7.61. The van der Waals surface area contributed by atoms with Crippen molar-refractivity contribution < 1.29 is 30.2 Å². The molecule has 16 heavy (non-hydrogen) atoms. The van der Waals surface area contributed by atoms with Gasteiger partial charge in [0.1, 0.15) is 6.33 Å². The summed E-state index contributed by atoms with van der Waals surface area (Å²) in [6, 6.07) is 1.78. The van der Waals surface area contributed by atoms with Crippen LogP contribution in [-0.2, 0) is 23.2 Å². The summed E-state index contributed by atoms with van der Waals surface area (Å²) in [5.74, 6) is 0. The minimum Gasteiger partial charge on any atom is -0.265 e. The first kappa shape index (κ1) is 14.5. The molecule has 2 heterocycles. The normalized spacial score (nSPS) is 9.69. The summed E-state index contributed by atoms with van der Waals surface area (Å²) in [6.07, 6.45) is 1.19. The fraction of sp³-hybridized carbons (Fsp3) is 0.143. The maximum absolute atomic E-state index is 11.5. The van der Waals surface area contributed by atoms with Crippen molar-refractivity contribution in [2.75, 3.05) is 0 Å². The first-order chi connectivity index (χ1) is 7.11. The van der Waals surface area contributed by atoms with Crippen LogP contribution in [0.4, 0.5) is 13.2 Å². The third kappa shape index (κ3) is 5.42. The van der Waals surface area contributed by atoms with Gasteiger partial charge in [-0.25, -0.2) is 9.97 Å². The number of nitrogens with zero attached hydrogens (tertiary/aromatic N) is 4. The quantitative estimate of drug-likeness (QED) is 0.739. The predicted octanol–water partition coefficient (Wildman–Crippen LogP) is 1.30. The summed E-state index contributed by atoms with van der Waals surface area (Å²) >= 11 is 0. The van der Waals surface area contributed by atoms with Crippen LogP contribution in [0.15, 0.2) is 31.0 Å². The van der Waals surface area contributed by atoms with Crippen LogP contribution in [0.1, 0.15) is 5.69 Å². The molecule has 91 valence electrons. The first-order valence-electron chi connectivity index (χ1n) is 3.74. The van der Waals surface area contributed by atoms with E-state index in [9.17, 15) is 13.2 Å². The summed E-state index contributed by atoms with van der Waals surface area (Å²) < 4.78 is 34.5. The number of H-pyrrole nitrogens is 1. The zero-order chi connectivity index (χ0) is 11.1. The van der Waals surface area contributed by atoms with Crippen molar-refractivity contribution in [2.45, 2.75) is 6.18 Å². The second-order valence-corrected chi connectivity index (χ2v) is 2.26. The van der Waals surface area contributed by atoms with Gasteiger partial charge in [0.25, 0.3) is 0 Å². The van der Waals surface area contributed by atoms with E-state index in [0.717, 1.165) is 0 Å². The van der Waals surface area contributed by atoms with E-state index in [0.29, 0.717) is 6.20 Å². The Bertz CT molecular complexity index is 337. The Labute approximate surface area is 99.0 Å². The number of nitrogens with one attached hydrogen (secondary N) is 1. The minimum absolute atomic E-state index is 0. The largest absolute Gasteiger partial charge is 0.436 e. The van der Waals surface area contributed by atoms with Gasteiger partial charge in [-0.1, -0.05) is 5.21 Å². The molecule has 5 nitrogen and oxygen atoms in total. The standard InChI is InChI=1S/C4H4N2.C3H2F3N3.Cu/c1-2-5-4-6-3-1;4-3(5,6)2-1-7-9-8-2;/h1-4H;1H,(H,7,8,9);. The number of hydrogen-bond acceptors (Lipinski definition) is 4. The van der Waals surface area contributed by atoms with Gasteiger partial charge in [-0.15, -0.1) is 5.10 Å². The Balaban J connectivity index is 0.000000283. The van der Waals surface area contributed by atoms with Crippen molar-refractivity contribution in [3.63, 3.8) is 0 Å². The van der Waals surface area contributed by atoms with Crippen LogP contribution in [-0.4, -0.2) is 25.4 Å². The van der Waals surface area contributed by atoms with E-state index < -0.39 is 11.9 Å². The second kappa shape index (κ2) is 6.91. The molecule has 0 aliphatic carbocycles. The molecule has 2 aromatic rings. The summed E-state index contributed by atoms with van der Waals surface area (Å²) in [5, 5.41) is 7.61. The number of aromatic nitrogens is 5. The number of hydrogen-bond donors (Lipinski definition) is 1. The van der Waals surface area contributed by atoms with E-state index in [1.807, 2.05) is 5.10 Å². The minimum atomic E-state index is -4.38. The van der Waals surface area contributed by atoms with E-state index in [2.05, 4.69) is 20.3 Å². The molecule has 2 aromatic heterocycles. The zero-order valence-corrected chi connectivity index (χ0v) is 8.55. The van der Waals surface area contributed by atoms with Crippen LogP contribution < -0.4 is 0 Å². The summed E-state index contributed by atoms with van der Waals surface area (Å²) in [6.45, 7) is 0. The molecule has 0 aromatic carbocycles. The second-order valence-electron chi connectivity index (χ2n) is 2.26. The topological polar surface area (TPSA) is 67.3 Å². The molecule has 0 saturated carbocycles. The van der Waals surface area contributed by atoms with Gasteiger partial charge in [0.05, 0.1) is 6.20 Å². The van der Waals surface area contributed by atoms with Crippen molar-refractivity contribution in [3.8, 4) is 0 Å². The van der Waals surface area contributed by atoms with E-state index >= 15 is 0 Å². The van der Waals surface area contributed by atoms with E-state index in [-0.39, 0.29) is 17.1 Å². The molecule has 0 aliphatic heterocycles. The first-order valence-corrected chi connectivity index (χ1v) is 3.74. The Morgan fingerprint density at radius 2 is 1.75 bits per heavy atom. The molecule has 9 heteroatoms. The maximum Gasteiger partial charge on any atom is 0.436 e. The summed E-state index contributed by atoms with van der Waals surface area (Å²) in [7, 11) is 0. The monoisotopic (exact) mass is 280 g/mol. The van der Waals surface area contributed by atoms with Crippen molar-refractivity contribution in [1.29, 1.82) is 0 Å².